The van der Waals surface area contributed by atoms with Crippen molar-refractivity contribution in [3.8, 4) is 6.07 Å². The molecule has 1 fully saturated rings. The maximum Gasteiger partial charge on any atom is 0.217 e. The monoisotopic (exact) mass is 224 g/mol. The summed E-state index contributed by atoms with van der Waals surface area (Å²) in [6, 6.07) is 1.67. The summed E-state index contributed by atoms with van der Waals surface area (Å²) in [5.41, 5.74) is 10.7. The van der Waals surface area contributed by atoms with Gasteiger partial charge in [-0.05, 0) is 38.3 Å². The molecule has 0 radical (unpaired) electrons. The molecule has 1 atom stereocenters. The molecule has 1 aliphatic rings. The van der Waals surface area contributed by atoms with Gasteiger partial charge >= 0.3 is 0 Å². The molecular formula is C11H20N4O. The van der Waals surface area contributed by atoms with E-state index in [-0.39, 0.29) is 11.9 Å². The highest BCUT2D eigenvalue weighted by molar-refractivity contribution is 5.73. The molecule has 1 saturated heterocycles. The Morgan fingerprint density at radius 3 is 2.62 bits per heavy atom. The zero-order valence-corrected chi connectivity index (χ0v) is 9.56. The molecule has 4 N–H and O–H groups in total. The second-order valence-corrected chi connectivity index (χ2v) is 4.48. The molecule has 0 aromatic heterocycles. The molecular weight excluding hydrogens is 204 g/mol. The number of nitriles is 1. The van der Waals surface area contributed by atoms with E-state index in [1.54, 1.807) is 0 Å². The third-order valence-corrected chi connectivity index (χ3v) is 3.12. The molecule has 0 aromatic carbocycles. The number of likely N-dealkylation sites (tertiary alicyclic amines) is 1. The first-order chi connectivity index (χ1) is 7.61. The van der Waals surface area contributed by atoms with Crippen LogP contribution in [0.25, 0.3) is 0 Å². The number of primary amides is 1. The van der Waals surface area contributed by atoms with E-state index in [4.69, 9.17) is 16.7 Å². The minimum absolute atomic E-state index is 0.204. The highest BCUT2D eigenvalue weighted by Gasteiger charge is 2.20. The first-order valence-electron chi connectivity index (χ1n) is 5.77. The Kier molecular flexibility index (Phi) is 5.23. The summed E-state index contributed by atoms with van der Waals surface area (Å²) < 4.78 is 0. The fourth-order valence-corrected chi connectivity index (χ4v) is 2.08. The Bertz CT molecular complexity index is 266. The molecule has 5 heteroatoms. The zero-order valence-electron chi connectivity index (χ0n) is 9.56. The van der Waals surface area contributed by atoms with Crippen LogP contribution >= 0.6 is 0 Å². The quantitative estimate of drug-likeness (QED) is 0.676. The number of amides is 1. The summed E-state index contributed by atoms with van der Waals surface area (Å²) in [6.07, 6.45) is 3.26. The van der Waals surface area contributed by atoms with Crippen LogP contribution in [-0.2, 0) is 4.79 Å². The number of carbonyl (C=O) groups excluding carboxylic acids is 1. The molecule has 1 unspecified atom stereocenters. The van der Waals surface area contributed by atoms with Crippen molar-refractivity contribution in [2.45, 2.75) is 31.7 Å². The number of piperidine rings is 1. The van der Waals surface area contributed by atoms with Crippen LogP contribution < -0.4 is 11.5 Å². The van der Waals surface area contributed by atoms with Crippen molar-refractivity contribution >= 4 is 5.91 Å². The van der Waals surface area contributed by atoms with Crippen molar-refractivity contribution in [3.63, 3.8) is 0 Å². The van der Waals surface area contributed by atoms with Gasteiger partial charge in [-0.3, -0.25) is 4.79 Å². The molecule has 0 saturated carbocycles. The predicted octanol–water partition coefficient (Wildman–Crippen LogP) is -0.185. The molecule has 90 valence electrons. The maximum absolute atomic E-state index is 10.8. The van der Waals surface area contributed by atoms with Gasteiger partial charge < -0.3 is 16.4 Å². The molecule has 0 aromatic rings. The number of nitrogens with zero attached hydrogens (tertiary/aromatic N) is 2. The van der Waals surface area contributed by atoms with Gasteiger partial charge in [-0.15, -0.1) is 0 Å². The van der Waals surface area contributed by atoms with Gasteiger partial charge in [0.1, 0.15) is 0 Å². The van der Waals surface area contributed by atoms with E-state index in [9.17, 15) is 4.79 Å². The summed E-state index contributed by atoms with van der Waals surface area (Å²) >= 11 is 0. The molecule has 1 rings (SSSR count). The van der Waals surface area contributed by atoms with Crippen molar-refractivity contribution in [1.82, 2.24) is 4.90 Å². The van der Waals surface area contributed by atoms with E-state index >= 15 is 0 Å². The molecule has 1 heterocycles. The Labute approximate surface area is 96.4 Å². The normalized spacial score (nSPS) is 20.2. The van der Waals surface area contributed by atoms with E-state index in [1.165, 1.54) is 0 Å². The minimum Gasteiger partial charge on any atom is -0.370 e. The third kappa shape index (κ3) is 4.60. The average molecular weight is 224 g/mol. The Morgan fingerprint density at radius 1 is 1.50 bits per heavy atom. The van der Waals surface area contributed by atoms with Gasteiger partial charge in [-0.25, -0.2) is 0 Å². The topological polar surface area (TPSA) is 96.1 Å². The summed E-state index contributed by atoms with van der Waals surface area (Å²) in [5, 5.41) is 8.56. The van der Waals surface area contributed by atoms with E-state index in [0.29, 0.717) is 12.3 Å². The molecule has 1 aliphatic heterocycles. The number of rotatable bonds is 5. The second-order valence-electron chi connectivity index (χ2n) is 4.48. The van der Waals surface area contributed by atoms with Crippen molar-refractivity contribution in [3.05, 3.63) is 0 Å². The number of carbonyl (C=O) groups is 1. The molecule has 0 spiro atoms. The summed E-state index contributed by atoms with van der Waals surface area (Å²) in [7, 11) is 0. The molecule has 0 aliphatic carbocycles. The largest absolute Gasteiger partial charge is 0.370 e. The van der Waals surface area contributed by atoms with Crippen molar-refractivity contribution in [2.24, 2.45) is 17.4 Å². The van der Waals surface area contributed by atoms with E-state index in [0.717, 1.165) is 38.9 Å². The Morgan fingerprint density at radius 2 is 2.12 bits per heavy atom. The lowest BCUT2D eigenvalue weighted by atomic mass is 9.93. The molecule has 1 amide bonds. The fourth-order valence-electron chi connectivity index (χ4n) is 2.08. The number of nitrogens with two attached hydrogens (primary N) is 2. The fraction of sp³-hybridized carbons (Fsp3) is 0.818. The van der Waals surface area contributed by atoms with E-state index in [2.05, 4.69) is 4.90 Å². The predicted molar refractivity (Wildman–Crippen MR) is 61.2 cm³/mol. The lowest BCUT2D eigenvalue weighted by Gasteiger charge is -2.31. The highest BCUT2D eigenvalue weighted by atomic mass is 16.1. The van der Waals surface area contributed by atoms with Crippen LogP contribution in [0.1, 0.15) is 25.7 Å². The van der Waals surface area contributed by atoms with Crippen molar-refractivity contribution in [2.75, 3.05) is 19.6 Å². The highest BCUT2D eigenvalue weighted by Crippen LogP contribution is 2.20. The van der Waals surface area contributed by atoms with Crippen LogP contribution in [0.5, 0.6) is 0 Å². The average Bonchev–Trinajstić information content (AvgIpc) is 2.27. The summed E-state index contributed by atoms with van der Waals surface area (Å²) in [4.78, 5) is 13.1. The Hall–Kier alpha value is -1.12. The van der Waals surface area contributed by atoms with Crippen molar-refractivity contribution in [1.29, 1.82) is 5.26 Å². The van der Waals surface area contributed by atoms with Crippen LogP contribution in [0.2, 0.25) is 0 Å². The van der Waals surface area contributed by atoms with Crippen LogP contribution in [0.15, 0.2) is 0 Å². The summed E-state index contributed by atoms with van der Waals surface area (Å²) in [6.45, 7) is 2.84. The van der Waals surface area contributed by atoms with Crippen LogP contribution in [-0.4, -0.2) is 36.5 Å². The van der Waals surface area contributed by atoms with Crippen LogP contribution in [0, 0.1) is 17.2 Å². The Balaban J connectivity index is 2.17. The van der Waals surface area contributed by atoms with E-state index in [1.807, 2.05) is 6.07 Å². The number of hydrogen-bond donors (Lipinski definition) is 2. The lowest BCUT2D eigenvalue weighted by molar-refractivity contribution is -0.119. The molecule has 5 nitrogen and oxygen atoms in total. The van der Waals surface area contributed by atoms with Crippen molar-refractivity contribution < 1.29 is 4.79 Å². The third-order valence-electron chi connectivity index (χ3n) is 3.12. The molecule has 16 heavy (non-hydrogen) atoms. The van der Waals surface area contributed by atoms with Gasteiger partial charge in [0.2, 0.25) is 5.91 Å². The number of hydrogen-bond acceptors (Lipinski definition) is 4. The summed E-state index contributed by atoms with van der Waals surface area (Å²) in [5.74, 6) is 0.239. The lowest BCUT2D eigenvalue weighted by Crippen LogP contribution is -2.37. The second kappa shape index (κ2) is 6.46. The first kappa shape index (κ1) is 12.9. The molecule has 0 bridgehead atoms. The van der Waals surface area contributed by atoms with Gasteiger partial charge in [0.05, 0.1) is 12.1 Å². The van der Waals surface area contributed by atoms with Crippen LogP contribution in [0.3, 0.4) is 0 Å². The van der Waals surface area contributed by atoms with Gasteiger partial charge in [-0.2, -0.15) is 5.26 Å². The van der Waals surface area contributed by atoms with Gasteiger partial charge in [0.25, 0.3) is 0 Å². The van der Waals surface area contributed by atoms with E-state index < -0.39 is 0 Å². The van der Waals surface area contributed by atoms with Gasteiger partial charge in [0, 0.05) is 13.0 Å². The zero-order chi connectivity index (χ0) is 12.0. The maximum atomic E-state index is 10.8. The van der Waals surface area contributed by atoms with Gasteiger partial charge in [0.15, 0.2) is 0 Å². The smallest absolute Gasteiger partial charge is 0.217 e. The minimum atomic E-state index is -0.358. The van der Waals surface area contributed by atoms with Gasteiger partial charge in [-0.1, -0.05) is 0 Å². The van der Waals surface area contributed by atoms with Crippen LogP contribution in [0.4, 0.5) is 0 Å². The SMILES string of the molecule is N#CC(N)CCN1CCC(CC(N)=O)CC1. The standard InChI is InChI=1S/C11H20N4O/c12-8-10(13)3-6-15-4-1-9(2-5-15)7-11(14)16/h9-10H,1-7,13H2,(H2,14,16). The first-order valence-corrected chi connectivity index (χ1v) is 5.77.